The van der Waals surface area contributed by atoms with Crippen molar-refractivity contribution in [2.45, 2.75) is 51.1 Å². The van der Waals surface area contributed by atoms with Gasteiger partial charge in [-0.3, -0.25) is 14.5 Å². The second kappa shape index (κ2) is 6.64. The Morgan fingerprint density at radius 2 is 2.18 bits per heavy atom. The molecule has 0 aromatic rings. The standard InChI is InChI=1S/C15H26N4O3/c1-10-6-4-5-7-15(10)13(21)19(14(22)18-15)9-12(20)17-8-11(2)16-3/h10-11,16H,4-9H2,1-3H3,(H,17,20)(H,18,22). The zero-order valence-electron chi connectivity index (χ0n) is 13.6. The quantitative estimate of drug-likeness (QED) is 0.633. The Hall–Kier alpha value is -1.63. The molecule has 4 amide bonds. The van der Waals surface area contributed by atoms with Crippen molar-refractivity contribution in [2.75, 3.05) is 20.1 Å². The molecule has 1 aliphatic carbocycles. The van der Waals surface area contributed by atoms with E-state index in [0.717, 1.165) is 24.2 Å². The number of carbonyl (C=O) groups excluding carboxylic acids is 3. The van der Waals surface area contributed by atoms with Crippen molar-refractivity contribution in [2.24, 2.45) is 5.92 Å². The van der Waals surface area contributed by atoms with Crippen LogP contribution in [0.1, 0.15) is 39.5 Å². The predicted molar refractivity (Wildman–Crippen MR) is 82.1 cm³/mol. The Morgan fingerprint density at radius 3 is 2.82 bits per heavy atom. The van der Waals surface area contributed by atoms with Gasteiger partial charge in [0, 0.05) is 12.6 Å². The van der Waals surface area contributed by atoms with Crippen molar-refractivity contribution in [3.63, 3.8) is 0 Å². The fourth-order valence-corrected chi connectivity index (χ4v) is 3.21. The average molecular weight is 310 g/mol. The summed E-state index contributed by atoms with van der Waals surface area (Å²) < 4.78 is 0. The van der Waals surface area contributed by atoms with Gasteiger partial charge in [0.15, 0.2) is 0 Å². The summed E-state index contributed by atoms with van der Waals surface area (Å²) in [5.74, 6) is -0.456. The molecule has 1 aliphatic heterocycles. The molecule has 0 aromatic heterocycles. The number of urea groups is 1. The number of carbonyl (C=O) groups is 3. The van der Waals surface area contributed by atoms with E-state index in [0.29, 0.717) is 13.0 Å². The molecule has 22 heavy (non-hydrogen) atoms. The first kappa shape index (κ1) is 16.7. The zero-order valence-corrected chi connectivity index (χ0v) is 13.6. The van der Waals surface area contributed by atoms with Gasteiger partial charge < -0.3 is 16.0 Å². The van der Waals surface area contributed by atoms with Crippen LogP contribution >= 0.6 is 0 Å². The second-order valence-electron chi connectivity index (χ2n) is 6.43. The highest BCUT2D eigenvalue weighted by Gasteiger charge is 2.55. The molecule has 0 radical (unpaired) electrons. The third kappa shape index (κ3) is 3.09. The lowest BCUT2D eigenvalue weighted by Gasteiger charge is -2.36. The summed E-state index contributed by atoms with van der Waals surface area (Å²) in [5.41, 5.74) is -0.798. The van der Waals surface area contributed by atoms with Crippen LogP contribution in [0.5, 0.6) is 0 Å². The van der Waals surface area contributed by atoms with Crippen LogP contribution in [-0.2, 0) is 9.59 Å². The largest absolute Gasteiger partial charge is 0.353 e. The predicted octanol–water partition coefficient (Wildman–Crippen LogP) is 0.211. The number of amides is 4. The van der Waals surface area contributed by atoms with Crippen LogP contribution in [0, 0.1) is 5.92 Å². The third-order valence-corrected chi connectivity index (χ3v) is 4.90. The number of nitrogens with zero attached hydrogens (tertiary/aromatic N) is 1. The van der Waals surface area contributed by atoms with Crippen LogP contribution in [0.2, 0.25) is 0 Å². The maximum absolute atomic E-state index is 12.7. The summed E-state index contributed by atoms with van der Waals surface area (Å²) in [6.45, 7) is 4.18. The van der Waals surface area contributed by atoms with E-state index < -0.39 is 11.6 Å². The minimum Gasteiger partial charge on any atom is -0.353 e. The van der Waals surface area contributed by atoms with Gasteiger partial charge >= 0.3 is 6.03 Å². The molecule has 0 bridgehead atoms. The molecule has 3 unspecified atom stereocenters. The normalized spacial score (nSPS) is 29.6. The first-order valence-corrected chi connectivity index (χ1v) is 7.99. The minimum atomic E-state index is -0.798. The Labute approximate surface area is 131 Å². The molecule has 3 N–H and O–H groups in total. The molecule has 2 rings (SSSR count). The molecule has 2 aliphatic rings. The van der Waals surface area contributed by atoms with E-state index in [-0.39, 0.29) is 30.3 Å². The van der Waals surface area contributed by atoms with E-state index in [4.69, 9.17) is 0 Å². The van der Waals surface area contributed by atoms with Crippen LogP contribution < -0.4 is 16.0 Å². The van der Waals surface area contributed by atoms with Crippen LogP contribution in [-0.4, -0.2) is 54.5 Å². The highest BCUT2D eigenvalue weighted by Crippen LogP contribution is 2.37. The van der Waals surface area contributed by atoms with Crippen LogP contribution in [0.3, 0.4) is 0 Å². The lowest BCUT2D eigenvalue weighted by atomic mass is 9.73. The molecule has 7 heteroatoms. The fraction of sp³-hybridized carbons (Fsp3) is 0.800. The highest BCUT2D eigenvalue weighted by molar-refractivity contribution is 6.09. The molecule has 0 aromatic carbocycles. The monoisotopic (exact) mass is 310 g/mol. The Morgan fingerprint density at radius 1 is 1.45 bits per heavy atom. The van der Waals surface area contributed by atoms with Gasteiger partial charge in [-0.1, -0.05) is 19.8 Å². The summed E-state index contributed by atoms with van der Waals surface area (Å²) >= 11 is 0. The summed E-state index contributed by atoms with van der Waals surface area (Å²) in [4.78, 5) is 37.8. The van der Waals surface area contributed by atoms with E-state index in [2.05, 4.69) is 16.0 Å². The maximum atomic E-state index is 12.7. The van der Waals surface area contributed by atoms with Crippen LogP contribution in [0.25, 0.3) is 0 Å². The second-order valence-corrected chi connectivity index (χ2v) is 6.43. The Kier molecular flexibility index (Phi) is 5.05. The first-order valence-electron chi connectivity index (χ1n) is 7.99. The molecule has 1 heterocycles. The van der Waals surface area contributed by atoms with Gasteiger partial charge in [-0.2, -0.15) is 0 Å². The molecular formula is C15H26N4O3. The summed E-state index contributed by atoms with van der Waals surface area (Å²) in [6.07, 6.45) is 3.59. The smallest absolute Gasteiger partial charge is 0.325 e. The molecule has 1 spiro atoms. The van der Waals surface area contributed by atoms with E-state index >= 15 is 0 Å². The Bertz CT molecular complexity index is 468. The topological polar surface area (TPSA) is 90.5 Å². The fourth-order valence-electron chi connectivity index (χ4n) is 3.21. The number of nitrogens with one attached hydrogen (secondary N) is 3. The van der Waals surface area contributed by atoms with E-state index in [1.54, 1.807) is 0 Å². The lowest BCUT2D eigenvalue weighted by Crippen LogP contribution is -2.54. The van der Waals surface area contributed by atoms with Gasteiger partial charge in [0.1, 0.15) is 12.1 Å². The third-order valence-electron chi connectivity index (χ3n) is 4.90. The minimum absolute atomic E-state index is 0.107. The summed E-state index contributed by atoms with van der Waals surface area (Å²) in [7, 11) is 1.81. The molecule has 1 saturated carbocycles. The average Bonchev–Trinajstić information content (AvgIpc) is 2.73. The molecular weight excluding hydrogens is 284 g/mol. The van der Waals surface area contributed by atoms with E-state index in [1.807, 2.05) is 20.9 Å². The van der Waals surface area contributed by atoms with Crippen molar-refractivity contribution in [3.8, 4) is 0 Å². The number of hydrogen-bond acceptors (Lipinski definition) is 4. The van der Waals surface area contributed by atoms with Crippen LogP contribution in [0.15, 0.2) is 0 Å². The van der Waals surface area contributed by atoms with Gasteiger partial charge in [-0.15, -0.1) is 0 Å². The molecule has 3 atom stereocenters. The number of imide groups is 1. The van der Waals surface area contributed by atoms with E-state index in [1.165, 1.54) is 0 Å². The van der Waals surface area contributed by atoms with Gasteiger partial charge in [0.2, 0.25) is 5.91 Å². The van der Waals surface area contributed by atoms with Gasteiger partial charge in [-0.05, 0) is 32.7 Å². The SMILES string of the molecule is CNC(C)CNC(=O)CN1C(=O)NC2(CCCCC2C)C1=O. The summed E-state index contributed by atoms with van der Waals surface area (Å²) in [5, 5.41) is 8.58. The van der Waals surface area contributed by atoms with Gasteiger partial charge in [-0.25, -0.2) is 4.79 Å². The molecule has 2 fully saturated rings. The maximum Gasteiger partial charge on any atom is 0.325 e. The Balaban J connectivity index is 1.99. The number of likely N-dealkylation sites (N-methyl/N-ethyl adjacent to an activating group) is 1. The van der Waals surface area contributed by atoms with E-state index in [9.17, 15) is 14.4 Å². The lowest BCUT2D eigenvalue weighted by molar-refractivity contribution is -0.137. The molecule has 7 nitrogen and oxygen atoms in total. The number of rotatable bonds is 5. The van der Waals surface area contributed by atoms with Crippen molar-refractivity contribution in [3.05, 3.63) is 0 Å². The van der Waals surface area contributed by atoms with Crippen molar-refractivity contribution >= 4 is 17.8 Å². The highest BCUT2D eigenvalue weighted by atomic mass is 16.2. The van der Waals surface area contributed by atoms with Crippen molar-refractivity contribution in [1.29, 1.82) is 0 Å². The molecule has 1 saturated heterocycles. The van der Waals surface area contributed by atoms with Gasteiger partial charge in [0.05, 0.1) is 0 Å². The van der Waals surface area contributed by atoms with Crippen molar-refractivity contribution in [1.82, 2.24) is 20.9 Å². The molecule has 124 valence electrons. The zero-order chi connectivity index (χ0) is 16.3. The summed E-state index contributed by atoms with van der Waals surface area (Å²) in [6, 6.07) is -0.313. The first-order chi connectivity index (χ1) is 10.4. The van der Waals surface area contributed by atoms with Crippen LogP contribution in [0.4, 0.5) is 4.79 Å². The van der Waals surface area contributed by atoms with Gasteiger partial charge in [0.25, 0.3) is 5.91 Å². The number of hydrogen-bond donors (Lipinski definition) is 3. The van der Waals surface area contributed by atoms with Crippen molar-refractivity contribution < 1.29 is 14.4 Å².